The Kier molecular flexibility index (Phi) is 4.31. The second-order valence-corrected chi connectivity index (χ2v) is 5.02. The number of aliphatic hydroxyl groups excluding tert-OH is 1. The maximum Gasteiger partial charge on any atom is 0.0655 e. The van der Waals surface area contributed by atoms with Crippen LogP contribution in [0.4, 0.5) is 0 Å². The fourth-order valence-electron chi connectivity index (χ4n) is 1.82. The van der Waals surface area contributed by atoms with Gasteiger partial charge in [0, 0.05) is 11.4 Å². The van der Waals surface area contributed by atoms with E-state index in [9.17, 15) is 5.11 Å². The zero-order chi connectivity index (χ0) is 12.1. The summed E-state index contributed by atoms with van der Waals surface area (Å²) in [5.74, 6) is 0. The summed E-state index contributed by atoms with van der Waals surface area (Å²) in [7, 11) is 0. The maximum atomic E-state index is 9.44. The molecule has 0 radical (unpaired) electrons. The fraction of sp³-hybridized carbons (Fsp3) is 0.286. The van der Waals surface area contributed by atoms with Crippen LogP contribution < -0.4 is 5.32 Å². The van der Waals surface area contributed by atoms with E-state index in [1.165, 1.54) is 16.0 Å². The molecule has 2 rings (SSSR count). The van der Waals surface area contributed by atoms with Crippen molar-refractivity contribution in [2.75, 3.05) is 6.61 Å². The maximum absolute atomic E-state index is 9.44. The topological polar surface area (TPSA) is 32.3 Å². The van der Waals surface area contributed by atoms with Crippen molar-refractivity contribution in [3.63, 3.8) is 0 Å². The summed E-state index contributed by atoms with van der Waals surface area (Å²) < 4.78 is 0. The van der Waals surface area contributed by atoms with Gasteiger partial charge < -0.3 is 10.4 Å². The monoisotopic (exact) mass is 247 g/mol. The second-order valence-electron chi connectivity index (χ2n) is 4.07. The Balaban J connectivity index is 2.00. The highest BCUT2D eigenvalue weighted by molar-refractivity contribution is 7.10. The third kappa shape index (κ3) is 3.16. The molecule has 2 N–H and O–H groups in total. The predicted molar refractivity (Wildman–Crippen MR) is 72.2 cm³/mol. The lowest BCUT2D eigenvalue weighted by molar-refractivity contribution is 0.245. The van der Waals surface area contributed by atoms with Gasteiger partial charge in [0.25, 0.3) is 0 Å². The van der Waals surface area contributed by atoms with Crippen LogP contribution in [0.2, 0.25) is 0 Å². The Hall–Kier alpha value is -1.16. The van der Waals surface area contributed by atoms with E-state index in [4.69, 9.17) is 0 Å². The molecular formula is C14H17NOS. The first-order valence-corrected chi connectivity index (χ1v) is 6.61. The van der Waals surface area contributed by atoms with Gasteiger partial charge in [0.2, 0.25) is 0 Å². The van der Waals surface area contributed by atoms with Crippen molar-refractivity contribution in [3.05, 3.63) is 57.8 Å². The van der Waals surface area contributed by atoms with Gasteiger partial charge in [-0.15, -0.1) is 11.3 Å². The van der Waals surface area contributed by atoms with Crippen LogP contribution in [0.15, 0.2) is 41.8 Å². The molecule has 0 saturated heterocycles. The Morgan fingerprint density at radius 2 is 2.00 bits per heavy atom. The summed E-state index contributed by atoms with van der Waals surface area (Å²) in [5, 5.41) is 14.9. The molecule has 0 amide bonds. The summed E-state index contributed by atoms with van der Waals surface area (Å²) in [6.45, 7) is 3.00. The smallest absolute Gasteiger partial charge is 0.0655 e. The third-order valence-electron chi connectivity index (χ3n) is 2.80. The van der Waals surface area contributed by atoms with Crippen molar-refractivity contribution in [2.45, 2.75) is 19.5 Å². The van der Waals surface area contributed by atoms with E-state index < -0.39 is 0 Å². The standard InChI is InChI=1S/C14H17NOS/c1-11-7-8-17-14(11)13(10-16)15-9-12-5-3-2-4-6-12/h2-8,13,15-16H,9-10H2,1H3. The van der Waals surface area contributed by atoms with Crippen molar-refractivity contribution in [2.24, 2.45) is 0 Å². The molecule has 2 aromatic rings. The van der Waals surface area contributed by atoms with Crippen molar-refractivity contribution in [1.29, 1.82) is 0 Å². The predicted octanol–water partition coefficient (Wildman–Crippen LogP) is 2.88. The minimum Gasteiger partial charge on any atom is -0.394 e. The third-order valence-corrected chi connectivity index (χ3v) is 3.93. The SMILES string of the molecule is Cc1ccsc1C(CO)NCc1ccccc1. The summed E-state index contributed by atoms with van der Waals surface area (Å²) in [4.78, 5) is 1.23. The molecule has 1 aromatic carbocycles. The molecule has 0 aliphatic heterocycles. The van der Waals surface area contributed by atoms with Gasteiger partial charge in [0.15, 0.2) is 0 Å². The molecule has 3 heteroatoms. The lowest BCUT2D eigenvalue weighted by Gasteiger charge is -2.16. The lowest BCUT2D eigenvalue weighted by atomic mass is 10.1. The minimum absolute atomic E-state index is 0.0372. The van der Waals surface area contributed by atoms with Crippen LogP contribution in [-0.4, -0.2) is 11.7 Å². The van der Waals surface area contributed by atoms with Gasteiger partial charge in [-0.25, -0.2) is 0 Å². The first-order chi connectivity index (χ1) is 8.31. The number of aliphatic hydroxyl groups is 1. The van der Waals surface area contributed by atoms with Crippen molar-refractivity contribution in [1.82, 2.24) is 5.32 Å². The first kappa shape index (κ1) is 12.3. The Labute approximate surface area is 106 Å². The molecule has 1 atom stereocenters. The summed E-state index contributed by atoms with van der Waals surface area (Å²) in [6.07, 6.45) is 0. The van der Waals surface area contributed by atoms with E-state index in [0.29, 0.717) is 0 Å². The van der Waals surface area contributed by atoms with E-state index in [1.54, 1.807) is 11.3 Å². The highest BCUT2D eigenvalue weighted by Gasteiger charge is 2.13. The summed E-state index contributed by atoms with van der Waals surface area (Å²) in [6, 6.07) is 12.4. The van der Waals surface area contributed by atoms with Gasteiger partial charge >= 0.3 is 0 Å². The number of hydrogen-bond donors (Lipinski definition) is 2. The fourth-order valence-corrected chi connectivity index (χ4v) is 2.81. The number of hydrogen-bond acceptors (Lipinski definition) is 3. The second kappa shape index (κ2) is 5.96. The van der Waals surface area contributed by atoms with Crippen LogP contribution >= 0.6 is 11.3 Å². The Morgan fingerprint density at radius 3 is 2.59 bits per heavy atom. The average Bonchev–Trinajstić information content (AvgIpc) is 2.78. The Bertz CT molecular complexity index is 452. The van der Waals surface area contributed by atoms with Crippen LogP contribution in [0.3, 0.4) is 0 Å². The summed E-state index contributed by atoms with van der Waals surface area (Å²) >= 11 is 1.69. The first-order valence-electron chi connectivity index (χ1n) is 5.73. The molecule has 90 valence electrons. The average molecular weight is 247 g/mol. The Morgan fingerprint density at radius 1 is 1.24 bits per heavy atom. The van der Waals surface area contributed by atoms with Gasteiger partial charge in [-0.3, -0.25) is 0 Å². The van der Waals surface area contributed by atoms with Crippen LogP contribution in [0.1, 0.15) is 22.0 Å². The molecule has 17 heavy (non-hydrogen) atoms. The lowest BCUT2D eigenvalue weighted by Crippen LogP contribution is -2.23. The van der Waals surface area contributed by atoms with Gasteiger partial charge in [0.05, 0.1) is 12.6 Å². The van der Waals surface area contributed by atoms with Gasteiger partial charge in [-0.1, -0.05) is 30.3 Å². The molecule has 1 aromatic heterocycles. The quantitative estimate of drug-likeness (QED) is 0.851. The minimum atomic E-state index is 0.0372. The molecule has 0 aliphatic rings. The van der Waals surface area contributed by atoms with E-state index >= 15 is 0 Å². The molecule has 0 spiro atoms. The molecule has 0 saturated carbocycles. The van der Waals surface area contributed by atoms with E-state index in [0.717, 1.165) is 6.54 Å². The zero-order valence-electron chi connectivity index (χ0n) is 9.89. The number of thiophene rings is 1. The number of benzene rings is 1. The molecule has 1 heterocycles. The van der Waals surface area contributed by atoms with Crippen molar-refractivity contribution >= 4 is 11.3 Å². The van der Waals surface area contributed by atoms with Crippen LogP contribution in [0, 0.1) is 6.92 Å². The van der Waals surface area contributed by atoms with E-state index in [1.807, 2.05) is 18.2 Å². The van der Waals surface area contributed by atoms with Crippen LogP contribution in [0.5, 0.6) is 0 Å². The zero-order valence-corrected chi connectivity index (χ0v) is 10.7. The number of nitrogens with one attached hydrogen (secondary N) is 1. The van der Waals surface area contributed by atoms with E-state index in [2.05, 4.69) is 35.8 Å². The molecule has 0 fully saturated rings. The molecule has 2 nitrogen and oxygen atoms in total. The largest absolute Gasteiger partial charge is 0.394 e. The molecule has 0 aliphatic carbocycles. The van der Waals surface area contributed by atoms with Crippen molar-refractivity contribution < 1.29 is 5.11 Å². The van der Waals surface area contributed by atoms with Crippen LogP contribution in [-0.2, 0) is 6.54 Å². The molecular weight excluding hydrogens is 230 g/mol. The van der Waals surface area contributed by atoms with Gasteiger partial charge in [-0.05, 0) is 29.5 Å². The van der Waals surface area contributed by atoms with E-state index in [-0.39, 0.29) is 12.6 Å². The number of aryl methyl sites for hydroxylation is 1. The highest BCUT2D eigenvalue weighted by atomic mass is 32.1. The normalized spacial score (nSPS) is 12.6. The van der Waals surface area contributed by atoms with Crippen LogP contribution in [0.25, 0.3) is 0 Å². The van der Waals surface area contributed by atoms with Crippen molar-refractivity contribution in [3.8, 4) is 0 Å². The highest BCUT2D eigenvalue weighted by Crippen LogP contribution is 2.23. The summed E-state index contributed by atoms with van der Waals surface area (Å²) in [5.41, 5.74) is 2.48. The molecule has 0 bridgehead atoms. The van der Waals surface area contributed by atoms with Gasteiger partial charge in [-0.2, -0.15) is 0 Å². The number of rotatable bonds is 5. The van der Waals surface area contributed by atoms with Gasteiger partial charge in [0.1, 0.15) is 0 Å². The molecule has 1 unspecified atom stereocenters.